The molecule has 2 N–H and O–H groups in total. The highest BCUT2D eigenvalue weighted by Crippen LogP contribution is 2.27. The molecular weight excluding hydrogens is 276 g/mol. The van der Waals surface area contributed by atoms with Crippen molar-refractivity contribution in [1.29, 1.82) is 0 Å². The van der Waals surface area contributed by atoms with Gasteiger partial charge in [-0.2, -0.15) is 10.1 Å². The Hall–Kier alpha value is -2.76. The predicted molar refractivity (Wildman–Crippen MR) is 86.9 cm³/mol. The molecule has 6 heteroatoms. The van der Waals surface area contributed by atoms with Crippen LogP contribution in [-0.2, 0) is 0 Å². The maximum absolute atomic E-state index is 6.12. The molecule has 0 radical (unpaired) electrons. The summed E-state index contributed by atoms with van der Waals surface area (Å²) in [7, 11) is 0. The minimum Gasteiger partial charge on any atom is -0.368 e. The summed E-state index contributed by atoms with van der Waals surface area (Å²) in [6.07, 6.45) is 2.65. The fraction of sp³-hybridized carbons (Fsp3) is 0.250. The number of benzene rings is 1. The molecule has 1 aromatic heterocycles. The van der Waals surface area contributed by atoms with E-state index in [1.165, 1.54) is 0 Å². The molecule has 0 fully saturated rings. The van der Waals surface area contributed by atoms with Gasteiger partial charge in [-0.05, 0) is 25.5 Å². The number of rotatable bonds is 2. The van der Waals surface area contributed by atoms with Crippen molar-refractivity contribution < 1.29 is 0 Å². The number of guanidine groups is 1. The number of hydrogen-bond donors (Lipinski definition) is 1. The van der Waals surface area contributed by atoms with Gasteiger partial charge in [0.15, 0.2) is 0 Å². The van der Waals surface area contributed by atoms with E-state index in [0.29, 0.717) is 11.9 Å². The lowest BCUT2D eigenvalue weighted by atomic mass is 10.1. The molecule has 2 aromatic rings. The molecule has 0 unspecified atom stereocenters. The number of aliphatic imine (C=N–C) groups is 1. The van der Waals surface area contributed by atoms with Gasteiger partial charge in [-0.1, -0.05) is 30.3 Å². The average molecular weight is 294 g/mol. The van der Waals surface area contributed by atoms with Crippen LogP contribution in [-0.4, -0.2) is 27.2 Å². The van der Waals surface area contributed by atoms with E-state index in [2.05, 4.69) is 32.2 Å². The second-order valence-corrected chi connectivity index (χ2v) is 5.23. The Labute approximate surface area is 129 Å². The largest absolute Gasteiger partial charge is 0.368 e. The van der Waals surface area contributed by atoms with Crippen LogP contribution in [0.1, 0.15) is 29.4 Å². The van der Waals surface area contributed by atoms with Crippen molar-refractivity contribution in [1.82, 2.24) is 15.0 Å². The normalized spacial score (nSPS) is 18.0. The lowest BCUT2D eigenvalue weighted by molar-refractivity contribution is 0.366. The van der Waals surface area contributed by atoms with Gasteiger partial charge in [0, 0.05) is 24.0 Å². The molecule has 1 aliphatic heterocycles. The Morgan fingerprint density at radius 1 is 1.18 bits per heavy atom. The summed E-state index contributed by atoms with van der Waals surface area (Å²) < 4.78 is 0. The van der Waals surface area contributed by atoms with E-state index < -0.39 is 0 Å². The summed E-state index contributed by atoms with van der Waals surface area (Å²) in [5.41, 5.74) is 9.00. The molecule has 1 aliphatic rings. The van der Waals surface area contributed by atoms with Crippen molar-refractivity contribution in [3.05, 3.63) is 53.3 Å². The number of aromatic nitrogens is 2. The number of nitrogens with two attached hydrogens (primary N) is 1. The Balaban J connectivity index is 1.88. The van der Waals surface area contributed by atoms with Gasteiger partial charge in [-0.3, -0.25) is 0 Å². The van der Waals surface area contributed by atoms with Gasteiger partial charge in [0.2, 0.25) is 5.96 Å². The predicted octanol–water partition coefficient (Wildman–Crippen LogP) is 2.47. The van der Waals surface area contributed by atoms with E-state index in [0.717, 1.165) is 23.4 Å². The van der Waals surface area contributed by atoms with Gasteiger partial charge in [-0.15, -0.1) is 0 Å². The first-order chi connectivity index (χ1) is 10.6. The molecule has 0 amide bonds. The first kappa shape index (κ1) is 14.2. The third-order valence-corrected chi connectivity index (χ3v) is 3.43. The second kappa shape index (κ2) is 5.93. The molecule has 6 nitrogen and oxygen atoms in total. The fourth-order valence-corrected chi connectivity index (χ4v) is 2.50. The molecule has 2 heterocycles. The number of hydrogen-bond acceptors (Lipinski definition) is 4. The van der Waals surface area contributed by atoms with Crippen LogP contribution in [0.3, 0.4) is 0 Å². The Morgan fingerprint density at radius 3 is 2.55 bits per heavy atom. The van der Waals surface area contributed by atoms with Gasteiger partial charge in [0.25, 0.3) is 5.95 Å². The zero-order chi connectivity index (χ0) is 15.5. The quantitative estimate of drug-likeness (QED) is 0.681. The van der Waals surface area contributed by atoms with E-state index in [-0.39, 0.29) is 6.04 Å². The van der Waals surface area contributed by atoms with Gasteiger partial charge >= 0.3 is 0 Å². The SMILES string of the molecule is Cc1cc(C)nc(N=C(N)N2N=CC[C@H]2c2ccccc2)n1. The average Bonchev–Trinajstić information content (AvgIpc) is 2.96. The second-order valence-electron chi connectivity index (χ2n) is 5.23. The lowest BCUT2D eigenvalue weighted by Crippen LogP contribution is -2.33. The minimum atomic E-state index is 0.0656. The van der Waals surface area contributed by atoms with Crippen molar-refractivity contribution in [2.45, 2.75) is 26.3 Å². The van der Waals surface area contributed by atoms with Crippen LogP contribution in [0.2, 0.25) is 0 Å². The van der Waals surface area contributed by atoms with E-state index in [1.54, 1.807) is 5.01 Å². The smallest absolute Gasteiger partial charge is 0.253 e. The Morgan fingerprint density at radius 2 is 1.86 bits per heavy atom. The van der Waals surface area contributed by atoms with E-state index >= 15 is 0 Å². The van der Waals surface area contributed by atoms with Crippen molar-refractivity contribution in [2.75, 3.05) is 0 Å². The maximum Gasteiger partial charge on any atom is 0.253 e. The molecular formula is C16H18N6. The molecule has 0 bridgehead atoms. The number of hydrazone groups is 1. The summed E-state index contributed by atoms with van der Waals surface area (Å²) in [4.78, 5) is 12.9. The fourth-order valence-electron chi connectivity index (χ4n) is 2.50. The van der Waals surface area contributed by atoms with E-state index in [4.69, 9.17) is 5.73 Å². The highest BCUT2D eigenvalue weighted by atomic mass is 15.5. The lowest BCUT2D eigenvalue weighted by Gasteiger charge is -2.22. The highest BCUT2D eigenvalue weighted by Gasteiger charge is 2.25. The van der Waals surface area contributed by atoms with E-state index in [9.17, 15) is 0 Å². The van der Waals surface area contributed by atoms with Crippen LogP contribution in [0, 0.1) is 13.8 Å². The van der Waals surface area contributed by atoms with Gasteiger partial charge in [-0.25, -0.2) is 15.0 Å². The van der Waals surface area contributed by atoms with Crippen molar-refractivity contribution >= 4 is 18.1 Å². The molecule has 0 saturated heterocycles. The standard InChI is InChI=1S/C16H18N6/c1-11-10-12(2)20-16(19-11)21-15(17)22-14(8-9-18-22)13-6-4-3-5-7-13/h3-7,9-10,14H,8H2,1-2H3,(H2,17,19,20,21)/t14-/m0/s1. The first-order valence-corrected chi connectivity index (χ1v) is 7.16. The highest BCUT2D eigenvalue weighted by molar-refractivity contribution is 5.83. The molecule has 22 heavy (non-hydrogen) atoms. The Bertz CT molecular complexity index is 702. The van der Waals surface area contributed by atoms with Crippen LogP contribution in [0.5, 0.6) is 0 Å². The van der Waals surface area contributed by atoms with Gasteiger partial charge < -0.3 is 5.73 Å². The monoisotopic (exact) mass is 294 g/mol. The maximum atomic E-state index is 6.12. The summed E-state index contributed by atoms with van der Waals surface area (Å²) in [5.74, 6) is 0.663. The summed E-state index contributed by atoms with van der Waals surface area (Å²) in [6, 6.07) is 12.1. The zero-order valence-electron chi connectivity index (χ0n) is 12.6. The minimum absolute atomic E-state index is 0.0656. The van der Waals surface area contributed by atoms with Crippen molar-refractivity contribution in [2.24, 2.45) is 15.8 Å². The van der Waals surface area contributed by atoms with Crippen LogP contribution in [0.15, 0.2) is 46.5 Å². The van der Waals surface area contributed by atoms with Crippen LogP contribution in [0.25, 0.3) is 0 Å². The summed E-state index contributed by atoms with van der Waals surface area (Å²) in [5, 5.41) is 6.05. The van der Waals surface area contributed by atoms with Gasteiger partial charge in [0.1, 0.15) is 0 Å². The summed E-state index contributed by atoms with van der Waals surface area (Å²) >= 11 is 0. The molecule has 0 aliphatic carbocycles. The third kappa shape index (κ3) is 2.95. The molecule has 3 rings (SSSR count). The number of aryl methyl sites for hydroxylation is 2. The van der Waals surface area contributed by atoms with Gasteiger partial charge in [0.05, 0.1) is 6.04 Å². The van der Waals surface area contributed by atoms with Crippen molar-refractivity contribution in [3.63, 3.8) is 0 Å². The van der Waals surface area contributed by atoms with Crippen molar-refractivity contribution in [3.8, 4) is 0 Å². The van der Waals surface area contributed by atoms with Crippen LogP contribution < -0.4 is 5.73 Å². The molecule has 0 saturated carbocycles. The number of nitrogens with zero attached hydrogens (tertiary/aromatic N) is 5. The topological polar surface area (TPSA) is 79.8 Å². The zero-order valence-corrected chi connectivity index (χ0v) is 12.6. The molecule has 0 spiro atoms. The molecule has 112 valence electrons. The Kier molecular flexibility index (Phi) is 3.82. The third-order valence-electron chi connectivity index (χ3n) is 3.43. The van der Waals surface area contributed by atoms with Crippen LogP contribution in [0.4, 0.5) is 5.95 Å². The molecule has 1 atom stereocenters. The van der Waals surface area contributed by atoms with E-state index in [1.807, 2.05) is 44.3 Å². The van der Waals surface area contributed by atoms with Crippen LogP contribution >= 0.6 is 0 Å². The first-order valence-electron chi connectivity index (χ1n) is 7.16. The molecule has 1 aromatic carbocycles. The summed E-state index contributed by atoms with van der Waals surface area (Å²) in [6.45, 7) is 3.81.